The van der Waals surface area contributed by atoms with Gasteiger partial charge < -0.3 is 5.73 Å². The SMILES string of the molecule is CC(C)N1CCN(Cc2ccc(-c3ccc(N)cc3)nc2)CC1. The predicted octanol–water partition coefficient (Wildman–Crippen LogP) is 2.86. The fraction of sp³-hybridized carbons (Fsp3) is 0.421. The molecule has 23 heavy (non-hydrogen) atoms. The van der Waals surface area contributed by atoms with E-state index in [0.29, 0.717) is 6.04 Å². The summed E-state index contributed by atoms with van der Waals surface area (Å²) in [4.78, 5) is 9.66. The van der Waals surface area contributed by atoms with Crippen LogP contribution in [0.2, 0.25) is 0 Å². The molecule has 1 aliphatic rings. The van der Waals surface area contributed by atoms with Crippen molar-refractivity contribution >= 4 is 5.69 Å². The molecule has 122 valence electrons. The van der Waals surface area contributed by atoms with E-state index in [1.165, 1.54) is 5.56 Å². The van der Waals surface area contributed by atoms with E-state index in [1.807, 2.05) is 30.5 Å². The Morgan fingerprint density at radius 1 is 1.00 bits per heavy atom. The van der Waals surface area contributed by atoms with Gasteiger partial charge in [-0.1, -0.05) is 18.2 Å². The number of pyridine rings is 1. The van der Waals surface area contributed by atoms with Gasteiger partial charge in [0, 0.05) is 56.2 Å². The first-order chi connectivity index (χ1) is 11.1. The molecule has 1 saturated heterocycles. The summed E-state index contributed by atoms with van der Waals surface area (Å²) in [5.41, 5.74) is 9.90. The standard InChI is InChI=1S/C19H26N4/c1-15(2)23-11-9-22(10-12-23)14-16-3-8-19(21-13-16)17-4-6-18(20)7-5-17/h3-8,13,15H,9-12,14,20H2,1-2H3. The maximum Gasteiger partial charge on any atom is 0.0702 e. The molecule has 0 unspecified atom stereocenters. The first-order valence-corrected chi connectivity index (χ1v) is 8.39. The van der Waals surface area contributed by atoms with E-state index in [0.717, 1.165) is 49.7 Å². The van der Waals surface area contributed by atoms with Crippen molar-refractivity contribution < 1.29 is 0 Å². The van der Waals surface area contributed by atoms with E-state index in [1.54, 1.807) is 0 Å². The van der Waals surface area contributed by atoms with Crippen molar-refractivity contribution in [3.8, 4) is 11.3 Å². The number of nitrogen functional groups attached to an aromatic ring is 1. The predicted molar refractivity (Wildman–Crippen MR) is 96.1 cm³/mol. The summed E-state index contributed by atoms with van der Waals surface area (Å²) in [6, 6.07) is 12.8. The molecule has 0 saturated carbocycles. The highest BCUT2D eigenvalue weighted by molar-refractivity contribution is 5.61. The molecule has 2 N–H and O–H groups in total. The Hall–Kier alpha value is -1.91. The van der Waals surface area contributed by atoms with Crippen molar-refractivity contribution in [3.05, 3.63) is 48.2 Å². The van der Waals surface area contributed by atoms with E-state index in [2.05, 4.69) is 40.8 Å². The maximum absolute atomic E-state index is 5.73. The van der Waals surface area contributed by atoms with E-state index in [4.69, 9.17) is 5.73 Å². The first kappa shape index (κ1) is 16.0. The van der Waals surface area contributed by atoms with Crippen molar-refractivity contribution in [2.75, 3.05) is 31.9 Å². The number of rotatable bonds is 4. The zero-order valence-corrected chi connectivity index (χ0v) is 14.1. The van der Waals surface area contributed by atoms with Crippen molar-refractivity contribution in [1.29, 1.82) is 0 Å². The molecule has 1 aromatic carbocycles. The lowest BCUT2D eigenvalue weighted by molar-refractivity contribution is 0.104. The van der Waals surface area contributed by atoms with E-state index < -0.39 is 0 Å². The zero-order chi connectivity index (χ0) is 16.2. The van der Waals surface area contributed by atoms with E-state index >= 15 is 0 Å². The summed E-state index contributed by atoms with van der Waals surface area (Å²) in [6.45, 7) is 10.1. The lowest BCUT2D eigenvalue weighted by Crippen LogP contribution is -2.48. The molecule has 3 rings (SSSR count). The average Bonchev–Trinajstić information content (AvgIpc) is 2.57. The van der Waals surface area contributed by atoms with Crippen LogP contribution in [0.15, 0.2) is 42.6 Å². The van der Waals surface area contributed by atoms with Gasteiger partial charge >= 0.3 is 0 Å². The number of nitrogens with zero attached hydrogens (tertiary/aromatic N) is 3. The van der Waals surface area contributed by atoms with Gasteiger partial charge in [-0.05, 0) is 37.6 Å². The quantitative estimate of drug-likeness (QED) is 0.882. The molecule has 0 atom stereocenters. The van der Waals surface area contributed by atoms with Gasteiger partial charge in [0.05, 0.1) is 5.69 Å². The Balaban J connectivity index is 1.59. The molecule has 4 nitrogen and oxygen atoms in total. The van der Waals surface area contributed by atoms with Crippen LogP contribution in [0.25, 0.3) is 11.3 Å². The minimum Gasteiger partial charge on any atom is -0.399 e. The third-order valence-electron chi connectivity index (χ3n) is 4.57. The summed E-state index contributed by atoms with van der Waals surface area (Å²) < 4.78 is 0. The lowest BCUT2D eigenvalue weighted by atomic mass is 10.1. The Kier molecular flexibility index (Phi) is 4.94. The van der Waals surface area contributed by atoms with Gasteiger partial charge in [0.15, 0.2) is 0 Å². The fourth-order valence-electron chi connectivity index (χ4n) is 3.04. The summed E-state index contributed by atoms with van der Waals surface area (Å²) in [5.74, 6) is 0. The number of hydrogen-bond donors (Lipinski definition) is 1. The normalized spacial score (nSPS) is 16.8. The summed E-state index contributed by atoms with van der Waals surface area (Å²) in [5, 5.41) is 0. The number of benzene rings is 1. The van der Waals surface area contributed by atoms with Gasteiger partial charge in [0.1, 0.15) is 0 Å². The van der Waals surface area contributed by atoms with Crippen LogP contribution in [-0.4, -0.2) is 47.0 Å². The van der Waals surface area contributed by atoms with Gasteiger partial charge in [0.25, 0.3) is 0 Å². The van der Waals surface area contributed by atoms with Crippen LogP contribution in [0.1, 0.15) is 19.4 Å². The highest BCUT2D eigenvalue weighted by Gasteiger charge is 2.18. The number of nitrogens with two attached hydrogens (primary N) is 1. The third-order valence-corrected chi connectivity index (χ3v) is 4.57. The average molecular weight is 310 g/mol. The zero-order valence-electron chi connectivity index (χ0n) is 14.1. The van der Waals surface area contributed by atoms with Crippen molar-refractivity contribution in [2.45, 2.75) is 26.4 Å². The third kappa shape index (κ3) is 4.09. The Morgan fingerprint density at radius 3 is 2.26 bits per heavy atom. The Labute approximate surface area is 138 Å². The highest BCUT2D eigenvalue weighted by atomic mass is 15.3. The minimum absolute atomic E-state index is 0.651. The molecule has 0 bridgehead atoms. The van der Waals surface area contributed by atoms with Gasteiger partial charge in [-0.25, -0.2) is 0 Å². The van der Waals surface area contributed by atoms with Gasteiger partial charge in [-0.3, -0.25) is 14.8 Å². The molecule has 1 aliphatic heterocycles. The molecular weight excluding hydrogens is 284 g/mol. The Morgan fingerprint density at radius 2 is 1.70 bits per heavy atom. The van der Waals surface area contributed by atoms with Crippen LogP contribution in [0.4, 0.5) is 5.69 Å². The molecular formula is C19H26N4. The summed E-state index contributed by atoms with van der Waals surface area (Å²) in [7, 11) is 0. The summed E-state index contributed by atoms with van der Waals surface area (Å²) in [6.07, 6.45) is 2.00. The van der Waals surface area contributed by atoms with Crippen LogP contribution in [-0.2, 0) is 6.54 Å². The first-order valence-electron chi connectivity index (χ1n) is 8.39. The molecule has 0 spiro atoms. The smallest absolute Gasteiger partial charge is 0.0702 e. The highest BCUT2D eigenvalue weighted by Crippen LogP contribution is 2.19. The second-order valence-electron chi connectivity index (χ2n) is 6.58. The monoisotopic (exact) mass is 310 g/mol. The van der Waals surface area contributed by atoms with E-state index in [-0.39, 0.29) is 0 Å². The fourth-order valence-corrected chi connectivity index (χ4v) is 3.04. The molecule has 0 radical (unpaired) electrons. The number of hydrogen-bond acceptors (Lipinski definition) is 4. The maximum atomic E-state index is 5.73. The molecule has 1 fully saturated rings. The van der Waals surface area contributed by atoms with Gasteiger partial charge in [-0.15, -0.1) is 0 Å². The molecule has 2 aromatic rings. The molecule has 0 aliphatic carbocycles. The molecule has 2 heterocycles. The van der Waals surface area contributed by atoms with Gasteiger partial charge in [-0.2, -0.15) is 0 Å². The van der Waals surface area contributed by atoms with Crippen LogP contribution >= 0.6 is 0 Å². The number of anilines is 1. The second-order valence-corrected chi connectivity index (χ2v) is 6.58. The lowest BCUT2D eigenvalue weighted by Gasteiger charge is -2.36. The minimum atomic E-state index is 0.651. The number of aromatic nitrogens is 1. The summed E-state index contributed by atoms with van der Waals surface area (Å²) >= 11 is 0. The van der Waals surface area contributed by atoms with Gasteiger partial charge in [0.2, 0.25) is 0 Å². The molecule has 1 aromatic heterocycles. The van der Waals surface area contributed by atoms with Crippen LogP contribution in [0.5, 0.6) is 0 Å². The Bertz CT molecular complexity index is 611. The molecule has 4 heteroatoms. The van der Waals surface area contributed by atoms with Crippen LogP contribution < -0.4 is 5.73 Å². The van der Waals surface area contributed by atoms with Crippen LogP contribution in [0, 0.1) is 0 Å². The van der Waals surface area contributed by atoms with Crippen molar-refractivity contribution in [2.24, 2.45) is 0 Å². The number of piperazine rings is 1. The second kappa shape index (κ2) is 7.11. The van der Waals surface area contributed by atoms with Crippen LogP contribution in [0.3, 0.4) is 0 Å². The molecule has 0 amide bonds. The van der Waals surface area contributed by atoms with E-state index in [9.17, 15) is 0 Å². The largest absolute Gasteiger partial charge is 0.399 e. The topological polar surface area (TPSA) is 45.4 Å². The van der Waals surface area contributed by atoms with Crippen molar-refractivity contribution in [1.82, 2.24) is 14.8 Å². The van der Waals surface area contributed by atoms with Crippen molar-refractivity contribution in [3.63, 3.8) is 0 Å².